The molecule has 16 heavy (non-hydrogen) atoms. The molecule has 1 fully saturated rings. The van der Waals surface area contributed by atoms with Gasteiger partial charge in [0.05, 0.1) is 25.7 Å². The van der Waals surface area contributed by atoms with Gasteiger partial charge in [0.1, 0.15) is 0 Å². The van der Waals surface area contributed by atoms with Crippen molar-refractivity contribution in [2.45, 2.75) is 19.9 Å². The summed E-state index contributed by atoms with van der Waals surface area (Å²) >= 11 is 0. The zero-order chi connectivity index (χ0) is 12.0. The molecular weight excluding hydrogens is 208 g/mol. The highest BCUT2D eigenvalue weighted by molar-refractivity contribution is 5.80. The minimum atomic E-state index is -0.179. The van der Waals surface area contributed by atoms with Crippen LogP contribution in [0.3, 0.4) is 0 Å². The molecule has 0 aliphatic carbocycles. The molecule has 0 aromatic heterocycles. The van der Waals surface area contributed by atoms with E-state index in [2.05, 4.69) is 0 Å². The Bertz CT molecular complexity index is 223. The fraction of sp³-hybridized carbons (Fsp3) is 0.909. The third kappa shape index (κ3) is 3.43. The van der Waals surface area contributed by atoms with Crippen molar-refractivity contribution in [1.82, 2.24) is 4.90 Å². The summed E-state index contributed by atoms with van der Waals surface area (Å²) in [7, 11) is 0. The summed E-state index contributed by atoms with van der Waals surface area (Å²) in [6.45, 7) is 7.42. The van der Waals surface area contributed by atoms with Gasteiger partial charge in [-0.05, 0) is 13.8 Å². The van der Waals surface area contributed by atoms with Crippen LogP contribution in [-0.4, -0.2) is 56.4 Å². The highest BCUT2D eigenvalue weighted by atomic mass is 16.5. The van der Waals surface area contributed by atoms with E-state index in [0.29, 0.717) is 39.5 Å². The summed E-state index contributed by atoms with van der Waals surface area (Å²) in [5.41, 5.74) is 5.82. The van der Waals surface area contributed by atoms with Gasteiger partial charge in [-0.3, -0.25) is 4.79 Å². The normalized spacial score (nSPS) is 24.7. The van der Waals surface area contributed by atoms with E-state index in [-0.39, 0.29) is 17.9 Å². The van der Waals surface area contributed by atoms with Crippen LogP contribution in [0.25, 0.3) is 0 Å². The second-order valence-corrected chi connectivity index (χ2v) is 3.92. The molecule has 2 unspecified atom stereocenters. The average molecular weight is 230 g/mol. The van der Waals surface area contributed by atoms with E-state index in [4.69, 9.17) is 15.2 Å². The molecule has 0 aromatic rings. The van der Waals surface area contributed by atoms with Crippen molar-refractivity contribution in [2.24, 2.45) is 11.7 Å². The summed E-state index contributed by atoms with van der Waals surface area (Å²) in [6.07, 6.45) is 0. The number of nitrogens with zero attached hydrogens (tertiary/aromatic N) is 1. The second-order valence-electron chi connectivity index (χ2n) is 3.92. The first-order valence-electron chi connectivity index (χ1n) is 5.90. The third-order valence-corrected chi connectivity index (χ3v) is 2.84. The number of rotatable bonds is 6. The topological polar surface area (TPSA) is 64.8 Å². The molecule has 1 rings (SSSR count). The van der Waals surface area contributed by atoms with Gasteiger partial charge in [-0.25, -0.2) is 0 Å². The van der Waals surface area contributed by atoms with Gasteiger partial charge in [0.15, 0.2) is 0 Å². The van der Waals surface area contributed by atoms with E-state index in [9.17, 15) is 4.79 Å². The van der Waals surface area contributed by atoms with E-state index < -0.39 is 0 Å². The fourth-order valence-corrected chi connectivity index (χ4v) is 1.80. The molecule has 0 bridgehead atoms. The van der Waals surface area contributed by atoms with Crippen molar-refractivity contribution in [1.29, 1.82) is 0 Å². The summed E-state index contributed by atoms with van der Waals surface area (Å²) in [6, 6.07) is -0.159. The van der Waals surface area contributed by atoms with Crippen molar-refractivity contribution < 1.29 is 14.3 Å². The van der Waals surface area contributed by atoms with Gasteiger partial charge in [0.25, 0.3) is 0 Å². The van der Waals surface area contributed by atoms with Crippen molar-refractivity contribution in [2.75, 3.05) is 39.5 Å². The van der Waals surface area contributed by atoms with Gasteiger partial charge >= 0.3 is 0 Å². The summed E-state index contributed by atoms with van der Waals surface area (Å²) in [5, 5.41) is 0. The third-order valence-electron chi connectivity index (χ3n) is 2.84. The second kappa shape index (κ2) is 6.83. The zero-order valence-corrected chi connectivity index (χ0v) is 10.1. The smallest absolute Gasteiger partial charge is 0.229 e. The lowest BCUT2D eigenvalue weighted by atomic mass is 10.0. The molecule has 5 heteroatoms. The van der Waals surface area contributed by atoms with Crippen LogP contribution in [0.15, 0.2) is 0 Å². The molecule has 1 saturated heterocycles. The van der Waals surface area contributed by atoms with E-state index >= 15 is 0 Å². The van der Waals surface area contributed by atoms with Gasteiger partial charge in [0.2, 0.25) is 5.91 Å². The Kier molecular flexibility index (Phi) is 5.73. The van der Waals surface area contributed by atoms with E-state index in [1.165, 1.54) is 0 Å². The molecule has 2 atom stereocenters. The zero-order valence-electron chi connectivity index (χ0n) is 10.1. The first-order valence-corrected chi connectivity index (χ1v) is 5.90. The van der Waals surface area contributed by atoms with Crippen LogP contribution in [0.5, 0.6) is 0 Å². The highest BCUT2D eigenvalue weighted by Crippen LogP contribution is 2.14. The first-order chi connectivity index (χ1) is 7.70. The van der Waals surface area contributed by atoms with Crippen LogP contribution in [0.2, 0.25) is 0 Å². The molecule has 0 radical (unpaired) electrons. The standard InChI is InChI=1S/C11H22N2O3/c1-3-13(5-6-15-4-2)11(14)9-7-16-8-10(9)12/h9-10H,3-8,12H2,1-2H3. The molecule has 1 aliphatic heterocycles. The summed E-state index contributed by atoms with van der Waals surface area (Å²) in [5.74, 6) is -0.0891. The molecule has 1 amide bonds. The molecule has 94 valence electrons. The highest BCUT2D eigenvalue weighted by Gasteiger charge is 2.33. The Morgan fingerprint density at radius 3 is 2.75 bits per heavy atom. The maximum atomic E-state index is 12.1. The van der Waals surface area contributed by atoms with Gasteiger partial charge in [-0.15, -0.1) is 0 Å². The van der Waals surface area contributed by atoms with E-state index in [1.54, 1.807) is 4.90 Å². The molecule has 1 aliphatic rings. The number of likely N-dealkylation sites (N-methyl/N-ethyl adjacent to an activating group) is 1. The Labute approximate surface area is 96.9 Å². The Morgan fingerprint density at radius 1 is 1.50 bits per heavy atom. The van der Waals surface area contributed by atoms with Gasteiger partial charge in [-0.2, -0.15) is 0 Å². The van der Waals surface area contributed by atoms with Crippen LogP contribution >= 0.6 is 0 Å². The number of carbonyl (C=O) groups is 1. The predicted octanol–water partition coefficient (Wildman–Crippen LogP) is -0.155. The number of hydrogen-bond acceptors (Lipinski definition) is 4. The van der Waals surface area contributed by atoms with Gasteiger partial charge in [0, 0.05) is 25.7 Å². The van der Waals surface area contributed by atoms with Crippen LogP contribution in [0.4, 0.5) is 0 Å². The molecule has 2 N–H and O–H groups in total. The maximum absolute atomic E-state index is 12.1. The lowest BCUT2D eigenvalue weighted by Crippen LogP contribution is -2.44. The molecular formula is C11H22N2O3. The fourth-order valence-electron chi connectivity index (χ4n) is 1.80. The molecule has 5 nitrogen and oxygen atoms in total. The number of ether oxygens (including phenoxy) is 2. The largest absolute Gasteiger partial charge is 0.380 e. The monoisotopic (exact) mass is 230 g/mol. The Morgan fingerprint density at radius 2 is 2.25 bits per heavy atom. The van der Waals surface area contributed by atoms with E-state index in [1.807, 2.05) is 13.8 Å². The minimum Gasteiger partial charge on any atom is -0.380 e. The van der Waals surface area contributed by atoms with Crippen molar-refractivity contribution in [3.63, 3.8) is 0 Å². The van der Waals surface area contributed by atoms with Gasteiger partial charge < -0.3 is 20.1 Å². The van der Waals surface area contributed by atoms with Gasteiger partial charge in [-0.1, -0.05) is 0 Å². The lowest BCUT2D eigenvalue weighted by Gasteiger charge is -2.25. The summed E-state index contributed by atoms with van der Waals surface area (Å²) in [4.78, 5) is 13.9. The number of amides is 1. The van der Waals surface area contributed by atoms with Crippen molar-refractivity contribution in [3.05, 3.63) is 0 Å². The average Bonchev–Trinajstić information content (AvgIpc) is 2.70. The Balaban J connectivity index is 2.42. The number of hydrogen-bond donors (Lipinski definition) is 1. The summed E-state index contributed by atoms with van der Waals surface area (Å²) < 4.78 is 10.5. The predicted molar refractivity (Wildman–Crippen MR) is 61.0 cm³/mol. The SMILES string of the molecule is CCOCCN(CC)C(=O)C1COCC1N. The molecule has 0 aromatic carbocycles. The van der Waals surface area contributed by atoms with Crippen LogP contribution in [-0.2, 0) is 14.3 Å². The number of carbonyl (C=O) groups excluding carboxylic acids is 1. The molecule has 0 saturated carbocycles. The minimum absolute atomic E-state index is 0.0900. The van der Waals surface area contributed by atoms with Crippen molar-refractivity contribution in [3.8, 4) is 0 Å². The Hall–Kier alpha value is -0.650. The lowest BCUT2D eigenvalue weighted by molar-refractivity contribution is -0.136. The molecule has 0 spiro atoms. The number of nitrogens with two attached hydrogens (primary N) is 1. The first kappa shape index (κ1) is 13.4. The van der Waals surface area contributed by atoms with Crippen LogP contribution in [0, 0.1) is 5.92 Å². The quantitative estimate of drug-likeness (QED) is 0.644. The molecule has 1 heterocycles. The van der Waals surface area contributed by atoms with Crippen LogP contribution < -0.4 is 5.73 Å². The van der Waals surface area contributed by atoms with Crippen LogP contribution in [0.1, 0.15) is 13.8 Å². The maximum Gasteiger partial charge on any atom is 0.229 e. The van der Waals surface area contributed by atoms with Crippen molar-refractivity contribution >= 4 is 5.91 Å². The van der Waals surface area contributed by atoms with E-state index in [0.717, 1.165) is 0 Å².